The quantitative estimate of drug-likeness (QED) is 0.254. The highest BCUT2D eigenvalue weighted by atomic mass is 32.2. The highest BCUT2D eigenvalue weighted by molar-refractivity contribution is 7.89. The minimum absolute atomic E-state index is 0.0000883. The van der Waals surface area contributed by atoms with Gasteiger partial charge in [-0.25, -0.2) is 18.1 Å². The molecule has 0 spiro atoms. The van der Waals surface area contributed by atoms with Gasteiger partial charge in [-0.15, -0.1) is 11.3 Å². The maximum atomic E-state index is 11.9. The molecule has 1 amide bonds. The monoisotopic (exact) mass is 498 g/mol. The lowest BCUT2D eigenvalue weighted by molar-refractivity contribution is 0.100. The lowest BCUT2D eigenvalue weighted by Crippen LogP contribution is -2.27. The zero-order valence-electron chi connectivity index (χ0n) is 18.2. The SMILES string of the molecule is CCS(=O)(=O)NCCCNc1nc2sc(C(N)=O)c(N)c2c(-c2cc3ccccc3o2)c1C#N. The fourth-order valence-electron chi connectivity index (χ4n) is 3.55. The van der Waals surface area contributed by atoms with Crippen LogP contribution >= 0.6 is 11.3 Å². The van der Waals surface area contributed by atoms with Crippen molar-refractivity contribution >= 4 is 60.0 Å². The number of benzene rings is 1. The molecule has 0 fully saturated rings. The number of rotatable bonds is 9. The van der Waals surface area contributed by atoms with E-state index in [-0.39, 0.29) is 34.2 Å². The smallest absolute Gasteiger partial charge is 0.260 e. The molecule has 34 heavy (non-hydrogen) atoms. The van der Waals surface area contributed by atoms with E-state index in [1.807, 2.05) is 24.3 Å². The molecule has 0 atom stereocenters. The summed E-state index contributed by atoms with van der Waals surface area (Å²) in [4.78, 5) is 17.0. The lowest BCUT2D eigenvalue weighted by Gasteiger charge is -2.12. The van der Waals surface area contributed by atoms with Crippen LogP contribution in [0.5, 0.6) is 0 Å². The number of aromatic nitrogens is 1. The maximum Gasteiger partial charge on any atom is 0.260 e. The molecule has 0 aliphatic carbocycles. The van der Waals surface area contributed by atoms with Gasteiger partial charge in [0.2, 0.25) is 10.0 Å². The average Bonchev–Trinajstić information content (AvgIpc) is 3.39. The molecule has 6 N–H and O–H groups in total. The number of nitrogens with one attached hydrogen (secondary N) is 2. The van der Waals surface area contributed by atoms with Gasteiger partial charge in [0.05, 0.1) is 17.0 Å². The number of para-hydroxylation sites is 1. The van der Waals surface area contributed by atoms with Gasteiger partial charge in [0, 0.05) is 23.9 Å². The first-order chi connectivity index (χ1) is 16.3. The Morgan fingerprint density at radius 3 is 2.74 bits per heavy atom. The largest absolute Gasteiger partial charge is 0.456 e. The number of carbonyl (C=O) groups excluding carboxylic acids is 1. The number of nitriles is 1. The van der Waals surface area contributed by atoms with Crippen LogP contribution in [0.25, 0.3) is 32.5 Å². The van der Waals surface area contributed by atoms with Crippen LogP contribution in [0.4, 0.5) is 11.5 Å². The molecule has 4 rings (SSSR count). The zero-order valence-corrected chi connectivity index (χ0v) is 19.8. The van der Waals surface area contributed by atoms with E-state index in [1.54, 1.807) is 13.0 Å². The third-order valence-electron chi connectivity index (χ3n) is 5.23. The summed E-state index contributed by atoms with van der Waals surface area (Å²) in [5.41, 5.74) is 13.2. The Morgan fingerprint density at radius 1 is 1.29 bits per heavy atom. The molecule has 3 heterocycles. The number of amides is 1. The number of furan rings is 1. The number of primary amides is 1. The van der Waals surface area contributed by atoms with Gasteiger partial charge >= 0.3 is 0 Å². The van der Waals surface area contributed by atoms with E-state index in [0.29, 0.717) is 40.1 Å². The van der Waals surface area contributed by atoms with Gasteiger partial charge in [0.15, 0.2) is 0 Å². The summed E-state index contributed by atoms with van der Waals surface area (Å²) in [6, 6.07) is 11.4. The Hall–Kier alpha value is -3.66. The molecule has 0 saturated heterocycles. The first-order valence-corrected chi connectivity index (χ1v) is 12.9. The third-order valence-corrected chi connectivity index (χ3v) is 7.75. The standard InChI is InChI=1S/C22H22N6O4S2/c1-2-34(30,31)27-9-5-8-26-21-13(11-23)16(15-10-12-6-3-4-7-14(12)32-15)17-18(24)19(20(25)29)33-22(17)28-21/h3-4,6-7,10,27H,2,5,8-9,24H2,1H3,(H2,25,29)(H,26,28). The summed E-state index contributed by atoms with van der Waals surface area (Å²) in [5, 5.41) is 14.4. The van der Waals surface area contributed by atoms with E-state index in [2.05, 4.69) is 21.1 Å². The van der Waals surface area contributed by atoms with Gasteiger partial charge < -0.3 is 21.2 Å². The minimum Gasteiger partial charge on any atom is -0.456 e. The van der Waals surface area contributed by atoms with Crippen LogP contribution in [0, 0.1) is 11.3 Å². The summed E-state index contributed by atoms with van der Waals surface area (Å²) >= 11 is 1.04. The number of hydrogen-bond donors (Lipinski definition) is 4. The van der Waals surface area contributed by atoms with Crippen molar-refractivity contribution in [3.05, 3.63) is 40.8 Å². The van der Waals surface area contributed by atoms with Crippen molar-refractivity contribution in [2.24, 2.45) is 5.73 Å². The van der Waals surface area contributed by atoms with E-state index in [4.69, 9.17) is 15.9 Å². The molecule has 4 aromatic rings. The summed E-state index contributed by atoms with van der Waals surface area (Å²) in [7, 11) is -3.29. The van der Waals surface area contributed by atoms with E-state index < -0.39 is 15.9 Å². The number of nitrogen functional groups attached to an aromatic ring is 1. The van der Waals surface area contributed by atoms with E-state index in [9.17, 15) is 18.5 Å². The Balaban J connectivity index is 1.79. The van der Waals surface area contributed by atoms with Crippen LogP contribution in [0.2, 0.25) is 0 Å². The molecule has 12 heteroatoms. The molecule has 176 valence electrons. The van der Waals surface area contributed by atoms with Crippen molar-refractivity contribution in [1.29, 1.82) is 5.26 Å². The number of carbonyl (C=O) groups is 1. The summed E-state index contributed by atoms with van der Waals surface area (Å²) in [6.07, 6.45) is 0.461. The number of anilines is 2. The number of pyridine rings is 1. The molecule has 3 aromatic heterocycles. The Kier molecular flexibility index (Phi) is 6.43. The second kappa shape index (κ2) is 9.30. The molecule has 0 radical (unpaired) electrons. The molecule has 0 aliphatic heterocycles. The number of sulfonamides is 1. The Morgan fingerprint density at radius 2 is 2.06 bits per heavy atom. The predicted octanol–water partition coefficient (Wildman–Crippen LogP) is 3.00. The molecule has 0 bridgehead atoms. The van der Waals surface area contributed by atoms with Gasteiger partial charge in [-0.1, -0.05) is 18.2 Å². The number of hydrogen-bond acceptors (Lipinski definition) is 9. The summed E-state index contributed by atoms with van der Waals surface area (Å²) < 4.78 is 31.7. The number of nitrogens with zero attached hydrogens (tertiary/aromatic N) is 2. The van der Waals surface area contributed by atoms with E-state index >= 15 is 0 Å². The van der Waals surface area contributed by atoms with Gasteiger partial charge in [0.1, 0.15) is 38.5 Å². The first kappa shape index (κ1) is 23.5. The normalized spacial score (nSPS) is 11.6. The van der Waals surface area contributed by atoms with E-state index in [1.165, 1.54) is 0 Å². The van der Waals surface area contributed by atoms with Crippen molar-refractivity contribution in [1.82, 2.24) is 9.71 Å². The third kappa shape index (κ3) is 4.41. The number of fused-ring (bicyclic) bond motifs is 2. The van der Waals surface area contributed by atoms with Crippen LogP contribution in [-0.4, -0.2) is 38.2 Å². The van der Waals surface area contributed by atoms with Crippen LogP contribution in [0.1, 0.15) is 28.6 Å². The van der Waals surface area contributed by atoms with Gasteiger partial charge in [0.25, 0.3) is 5.91 Å². The first-order valence-electron chi connectivity index (χ1n) is 10.4. The fourth-order valence-corrected chi connectivity index (χ4v) is 5.17. The number of thiophene rings is 1. The van der Waals surface area contributed by atoms with Gasteiger partial charge in [-0.3, -0.25) is 4.79 Å². The number of nitrogens with two attached hydrogens (primary N) is 2. The van der Waals surface area contributed by atoms with Crippen molar-refractivity contribution in [3.63, 3.8) is 0 Å². The van der Waals surface area contributed by atoms with Crippen molar-refractivity contribution in [3.8, 4) is 17.4 Å². The molecule has 10 nitrogen and oxygen atoms in total. The van der Waals surface area contributed by atoms with Crippen LogP contribution < -0.4 is 21.5 Å². The molecule has 0 saturated carbocycles. The molecule has 0 unspecified atom stereocenters. The average molecular weight is 499 g/mol. The fraction of sp³-hybridized carbons (Fsp3) is 0.227. The highest BCUT2D eigenvalue weighted by Crippen LogP contribution is 2.44. The minimum atomic E-state index is -3.29. The van der Waals surface area contributed by atoms with Crippen LogP contribution in [-0.2, 0) is 10.0 Å². The predicted molar refractivity (Wildman–Crippen MR) is 133 cm³/mol. The second-order valence-electron chi connectivity index (χ2n) is 7.44. The Bertz CT molecular complexity index is 1520. The Labute approximate surface area is 199 Å². The second-order valence-corrected chi connectivity index (χ2v) is 10.5. The highest BCUT2D eigenvalue weighted by Gasteiger charge is 2.26. The van der Waals surface area contributed by atoms with Crippen LogP contribution in [0.15, 0.2) is 34.7 Å². The van der Waals surface area contributed by atoms with Crippen molar-refractivity contribution in [2.75, 3.05) is 29.9 Å². The maximum absolute atomic E-state index is 11.9. The van der Waals surface area contributed by atoms with Crippen LogP contribution in [0.3, 0.4) is 0 Å². The lowest BCUT2D eigenvalue weighted by atomic mass is 10.0. The molecule has 1 aromatic carbocycles. The summed E-state index contributed by atoms with van der Waals surface area (Å²) in [5.74, 6) is -0.00197. The van der Waals surface area contributed by atoms with Crippen molar-refractivity contribution < 1.29 is 17.6 Å². The molecular formula is C22H22N6O4S2. The van der Waals surface area contributed by atoms with E-state index in [0.717, 1.165) is 16.7 Å². The molecule has 0 aliphatic rings. The van der Waals surface area contributed by atoms with Gasteiger partial charge in [-0.2, -0.15) is 5.26 Å². The van der Waals surface area contributed by atoms with Crippen molar-refractivity contribution in [2.45, 2.75) is 13.3 Å². The summed E-state index contributed by atoms with van der Waals surface area (Å²) in [6.45, 7) is 2.15. The molecular weight excluding hydrogens is 476 g/mol. The topological polar surface area (TPSA) is 177 Å². The zero-order chi connectivity index (χ0) is 24.5. The van der Waals surface area contributed by atoms with Gasteiger partial charge in [-0.05, 0) is 25.5 Å².